The summed E-state index contributed by atoms with van der Waals surface area (Å²) in [7, 11) is 0. The lowest BCUT2D eigenvalue weighted by Gasteiger charge is -2.38. The maximum absolute atomic E-state index is 13.2. The van der Waals surface area contributed by atoms with Crippen LogP contribution >= 0.6 is 11.3 Å². The van der Waals surface area contributed by atoms with Gasteiger partial charge < -0.3 is 15.2 Å². The summed E-state index contributed by atoms with van der Waals surface area (Å²) < 4.78 is 2.99. The molecular weight excluding hydrogens is 408 g/mol. The molecule has 1 saturated heterocycles. The van der Waals surface area contributed by atoms with Gasteiger partial charge in [-0.1, -0.05) is 13.8 Å². The first-order chi connectivity index (χ1) is 14.7. The number of carbonyl (C=O) groups is 1. The molecule has 0 spiro atoms. The van der Waals surface area contributed by atoms with Crippen molar-refractivity contribution < 1.29 is 4.79 Å². The fourth-order valence-corrected chi connectivity index (χ4v) is 5.87. The Bertz CT molecular complexity index is 1290. The molecule has 0 aliphatic carbocycles. The average Bonchev–Trinajstić information content (AvgIpc) is 3.40. The average molecular weight is 437 g/mol. The third kappa shape index (κ3) is 3.43. The van der Waals surface area contributed by atoms with Crippen molar-refractivity contribution in [3.63, 3.8) is 0 Å². The largest absolute Gasteiger partial charge is 0.354 e. The molecule has 31 heavy (non-hydrogen) atoms. The van der Waals surface area contributed by atoms with Gasteiger partial charge in [-0.2, -0.15) is 5.10 Å². The summed E-state index contributed by atoms with van der Waals surface area (Å²) in [4.78, 5) is 23.9. The summed E-state index contributed by atoms with van der Waals surface area (Å²) in [5, 5.41) is 7.79. The van der Waals surface area contributed by atoms with Crippen molar-refractivity contribution in [1.82, 2.24) is 29.8 Å². The quantitative estimate of drug-likeness (QED) is 0.505. The first-order valence-electron chi connectivity index (χ1n) is 10.7. The predicted molar refractivity (Wildman–Crippen MR) is 125 cm³/mol. The fraction of sp³-hybridized carbons (Fsp3) is 0.435. The van der Waals surface area contributed by atoms with Gasteiger partial charge in [0.2, 0.25) is 0 Å². The molecule has 4 aromatic rings. The molecule has 1 aliphatic heterocycles. The molecule has 0 aromatic carbocycles. The molecule has 1 amide bonds. The SMILES string of the molecule is Cc1cc(-c2[nH]c3cc(C(=O)N4CCNC(C)(C)C4)sc3c2C(C)C)cn2ncnc12. The number of nitrogens with one attached hydrogen (secondary N) is 2. The van der Waals surface area contributed by atoms with E-state index in [2.05, 4.69) is 61.1 Å². The van der Waals surface area contributed by atoms with Gasteiger partial charge in [0.05, 0.1) is 20.8 Å². The Morgan fingerprint density at radius 1 is 1.29 bits per heavy atom. The molecule has 162 valence electrons. The Morgan fingerprint density at radius 3 is 2.84 bits per heavy atom. The topological polar surface area (TPSA) is 78.3 Å². The van der Waals surface area contributed by atoms with Crippen LogP contribution in [-0.4, -0.2) is 55.6 Å². The molecule has 2 N–H and O–H groups in total. The third-order valence-corrected chi connectivity index (χ3v) is 7.16. The molecule has 0 saturated carbocycles. The number of aromatic amines is 1. The summed E-state index contributed by atoms with van der Waals surface area (Å²) in [6, 6.07) is 4.17. The summed E-state index contributed by atoms with van der Waals surface area (Å²) in [6.07, 6.45) is 3.60. The smallest absolute Gasteiger partial charge is 0.264 e. The first-order valence-corrected chi connectivity index (χ1v) is 11.6. The number of aryl methyl sites for hydroxylation is 1. The van der Waals surface area contributed by atoms with Crippen molar-refractivity contribution in [1.29, 1.82) is 0 Å². The molecule has 8 heteroatoms. The Hall–Kier alpha value is -2.71. The van der Waals surface area contributed by atoms with E-state index in [1.54, 1.807) is 17.7 Å². The highest BCUT2D eigenvalue weighted by Gasteiger charge is 2.30. The molecule has 0 bridgehead atoms. The molecule has 1 fully saturated rings. The van der Waals surface area contributed by atoms with Crippen LogP contribution in [0.1, 0.15) is 54.4 Å². The van der Waals surface area contributed by atoms with Crippen LogP contribution in [0.5, 0.6) is 0 Å². The van der Waals surface area contributed by atoms with Crippen molar-refractivity contribution in [2.24, 2.45) is 0 Å². The highest BCUT2D eigenvalue weighted by atomic mass is 32.1. The standard InChI is InChI=1S/C23H28N6OS/c1-13(2)18-19(15-8-14(3)21-24-12-26-29(21)10-15)27-16-9-17(31-20(16)18)22(30)28-7-6-25-23(4,5)11-28/h8-10,12-13,25,27H,6-7,11H2,1-5H3. The highest BCUT2D eigenvalue weighted by Crippen LogP contribution is 2.40. The summed E-state index contributed by atoms with van der Waals surface area (Å²) in [6.45, 7) is 13.0. The maximum atomic E-state index is 13.2. The second kappa shape index (κ2) is 7.17. The number of amides is 1. The second-order valence-corrected chi connectivity index (χ2v) is 10.5. The zero-order valence-corrected chi connectivity index (χ0v) is 19.4. The lowest BCUT2D eigenvalue weighted by molar-refractivity contribution is 0.0657. The van der Waals surface area contributed by atoms with E-state index in [4.69, 9.17) is 0 Å². The Kier molecular flexibility index (Phi) is 4.67. The van der Waals surface area contributed by atoms with Crippen LogP contribution < -0.4 is 5.32 Å². The zero-order valence-electron chi connectivity index (χ0n) is 18.6. The van der Waals surface area contributed by atoms with Crippen LogP contribution in [0.25, 0.3) is 27.1 Å². The van der Waals surface area contributed by atoms with Crippen LogP contribution in [0.2, 0.25) is 0 Å². The molecule has 1 aliphatic rings. The second-order valence-electron chi connectivity index (χ2n) is 9.40. The molecule has 4 aromatic heterocycles. The minimum absolute atomic E-state index is 0.0554. The summed E-state index contributed by atoms with van der Waals surface area (Å²) in [5.74, 6) is 0.440. The highest BCUT2D eigenvalue weighted by molar-refractivity contribution is 7.21. The molecule has 5 rings (SSSR count). The Balaban J connectivity index is 1.57. The van der Waals surface area contributed by atoms with Crippen LogP contribution in [0.4, 0.5) is 0 Å². The Labute approximate surface area is 185 Å². The number of pyridine rings is 1. The van der Waals surface area contributed by atoms with Crippen molar-refractivity contribution in [2.45, 2.75) is 46.1 Å². The molecular formula is C23H28N6OS. The van der Waals surface area contributed by atoms with E-state index < -0.39 is 0 Å². The number of fused-ring (bicyclic) bond motifs is 2. The summed E-state index contributed by atoms with van der Waals surface area (Å²) >= 11 is 1.60. The maximum Gasteiger partial charge on any atom is 0.264 e. The zero-order chi connectivity index (χ0) is 21.9. The van der Waals surface area contributed by atoms with Gasteiger partial charge in [-0.25, -0.2) is 9.50 Å². The normalized spacial score (nSPS) is 16.6. The number of aromatic nitrogens is 4. The van der Waals surface area contributed by atoms with Gasteiger partial charge >= 0.3 is 0 Å². The first kappa shape index (κ1) is 20.2. The van der Waals surface area contributed by atoms with Gasteiger partial charge in [0.25, 0.3) is 5.91 Å². The molecule has 7 nitrogen and oxygen atoms in total. The van der Waals surface area contributed by atoms with Gasteiger partial charge in [-0.15, -0.1) is 11.3 Å². The van der Waals surface area contributed by atoms with Crippen LogP contribution in [0, 0.1) is 6.92 Å². The number of carbonyl (C=O) groups excluding carboxylic acids is 1. The van der Waals surface area contributed by atoms with Crippen molar-refractivity contribution in [3.8, 4) is 11.3 Å². The number of nitrogens with zero attached hydrogens (tertiary/aromatic N) is 4. The van der Waals surface area contributed by atoms with E-state index >= 15 is 0 Å². The van der Waals surface area contributed by atoms with E-state index in [9.17, 15) is 4.79 Å². The van der Waals surface area contributed by atoms with E-state index in [1.165, 1.54) is 10.3 Å². The van der Waals surface area contributed by atoms with E-state index in [0.717, 1.165) is 52.5 Å². The Morgan fingerprint density at radius 2 is 2.10 bits per heavy atom. The van der Waals surface area contributed by atoms with Gasteiger partial charge in [0, 0.05) is 36.9 Å². The van der Waals surface area contributed by atoms with Gasteiger partial charge in [0.1, 0.15) is 6.33 Å². The van der Waals surface area contributed by atoms with Crippen LogP contribution in [0.15, 0.2) is 24.7 Å². The fourth-order valence-electron chi connectivity index (χ4n) is 4.58. The van der Waals surface area contributed by atoms with E-state index in [0.29, 0.717) is 5.92 Å². The minimum atomic E-state index is -0.0554. The number of H-pyrrole nitrogens is 1. The number of hydrogen-bond donors (Lipinski definition) is 2. The monoisotopic (exact) mass is 436 g/mol. The predicted octanol–water partition coefficient (Wildman–Crippen LogP) is 4.19. The van der Waals surface area contributed by atoms with Gasteiger partial charge in [-0.3, -0.25) is 4.79 Å². The minimum Gasteiger partial charge on any atom is -0.354 e. The lowest BCUT2D eigenvalue weighted by Crippen LogP contribution is -2.58. The van der Waals surface area contributed by atoms with Crippen molar-refractivity contribution in [3.05, 3.63) is 40.7 Å². The lowest BCUT2D eigenvalue weighted by atomic mass is 9.99. The molecule has 5 heterocycles. The number of piperazine rings is 1. The summed E-state index contributed by atoms with van der Waals surface area (Å²) in [5.41, 5.74) is 6.35. The molecule has 0 atom stereocenters. The van der Waals surface area contributed by atoms with Crippen LogP contribution in [0.3, 0.4) is 0 Å². The van der Waals surface area contributed by atoms with Crippen LogP contribution in [-0.2, 0) is 0 Å². The molecule has 0 radical (unpaired) electrons. The molecule has 0 unspecified atom stereocenters. The third-order valence-electron chi connectivity index (χ3n) is 6.00. The van der Waals surface area contributed by atoms with Crippen molar-refractivity contribution in [2.75, 3.05) is 19.6 Å². The number of hydrogen-bond acceptors (Lipinski definition) is 5. The number of thiophene rings is 1. The van der Waals surface area contributed by atoms with Crippen molar-refractivity contribution >= 4 is 33.1 Å². The van der Waals surface area contributed by atoms with Gasteiger partial charge in [-0.05, 0) is 49.9 Å². The number of rotatable bonds is 3. The van der Waals surface area contributed by atoms with E-state index in [-0.39, 0.29) is 11.4 Å². The van der Waals surface area contributed by atoms with E-state index in [1.807, 2.05) is 21.7 Å². The van der Waals surface area contributed by atoms with Gasteiger partial charge in [0.15, 0.2) is 5.65 Å².